The zero-order valence-corrected chi connectivity index (χ0v) is 15.5. The molecule has 1 N–H and O–H groups in total. The molecule has 3 aromatic rings. The average molecular weight is 368 g/mol. The molecule has 1 aromatic heterocycles. The Kier molecular flexibility index (Phi) is 5.49. The largest absolute Gasteiger partial charge is 0.494 e. The summed E-state index contributed by atoms with van der Waals surface area (Å²) in [6, 6.07) is 12.3. The van der Waals surface area contributed by atoms with E-state index in [1.807, 2.05) is 31.2 Å². The van der Waals surface area contributed by atoms with Crippen LogP contribution < -0.4 is 10.1 Å². The monoisotopic (exact) mass is 368 g/mol. The van der Waals surface area contributed by atoms with E-state index in [0.717, 1.165) is 11.3 Å². The van der Waals surface area contributed by atoms with Gasteiger partial charge in [0.15, 0.2) is 5.69 Å². The Morgan fingerprint density at radius 3 is 2.78 bits per heavy atom. The third kappa shape index (κ3) is 4.13. The van der Waals surface area contributed by atoms with E-state index >= 15 is 0 Å². The van der Waals surface area contributed by atoms with Gasteiger partial charge < -0.3 is 10.1 Å². The Bertz CT molecular complexity index is 968. The fraction of sp³-hybridized carbons (Fsp3) is 0.250. The van der Waals surface area contributed by atoms with Gasteiger partial charge in [0, 0.05) is 6.54 Å². The predicted molar refractivity (Wildman–Crippen MR) is 99.6 cm³/mol. The smallest absolute Gasteiger partial charge is 0.274 e. The molecule has 1 amide bonds. The Morgan fingerprint density at radius 2 is 2.04 bits per heavy atom. The fourth-order valence-electron chi connectivity index (χ4n) is 2.68. The summed E-state index contributed by atoms with van der Waals surface area (Å²) in [5, 5.41) is 10.8. The van der Waals surface area contributed by atoms with Gasteiger partial charge in [0.2, 0.25) is 0 Å². The maximum atomic E-state index is 13.8. The van der Waals surface area contributed by atoms with Gasteiger partial charge in [0.1, 0.15) is 11.6 Å². The van der Waals surface area contributed by atoms with Crippen LogP contribution in [0.25, 0.3) is 5.69 Å². The lowest BCUT2D eigenvalue weighted by molar-refractivity contribution is 0.0945. The van der Waals surface area contributed by atoms with Gasteiger partial charge in [0.25, 0.3) is 5.91 Å². The molecule has 0 saturated heterocycles. The molecule has 6 nitrogen and oxygen atoms in total. The van der Waals surface area contributed by atoms with E-state index in [1.165, 1.54) is 10.7 Å². The Morgan fingerprint density at radius 1 is 1.22 bits per heavy atom. The van der Waals surface area contributed by atoms with Crippen molar-refractivity contribution in [2.24, 2.45) is 0 Å². The lowest BCUT2D eigenvalue weighted by Gasteiger charge is -2.08. The van der Waals surface area contributed by atoms with E-state index in [1.54, 1.807) is 26.0 Å². The van der Waals surface area contributed by atoms with Crippen LogP contribution >= 0.6 is 0 Å². The fourth-order valence-corrected chi connectivity index (χ4v) is 2.68. The quantitative estimate of drug-likeness (QED) is 0.724. The molecule has 0 atom stereocenters. The summed E-state index contributed by atoms with van der Waals surface area (Å²) in [6.07, 6.45) is 0. The summed E-state index contributed by atoms with van der Waals surface area (Å²) in [5.41, 5.74) is 2.73. The maximum Gasteiger partial charge on any atom is 0.274 e. The molecular weight excluding hydrogens is 347 g/mol. The molecule has 3 rings (SSSR count). The number of carbonyl (C=O) groups is 1. The Balaban J connectivity index is 1.73. The van der Waals surface area contributed by atoms with Crippen LogP contribution in [0.3, 0.4) is 0 Å². The van der Waals surface area contributed by atoms with Crippen LogP contribution in [0, 0.1) is 19.7 Å². The van der Waals surface area contributed by atoms with Crippen LogP contribution in [0.15, 0.2) is 42.5 Å². The van der Waals surface area contributed by atoms with Crippen LogP contribution in [-0.4, -0.2) is 27.5 Å². The molecule has 0 aliphatic heterocycles. The number of ether oxygens (including phenoxy) is 1. The van der Waals surface area contributed by atoms with Crippen LogP contribution in [0.2, 0.25) is 0 Å². The highest BCUT2D eigenvalue weighted by atomic mass is 19.1. The number of halogens is 1. The van der Waals surface area contributed by atoms with Crippen molar-refractivity contribution >= 4 is 5.91 Å². The highest BCUT2D eigenvalue weighted by Gasteiger charge is 2.17. The normalized spacial score (nSPS) is 10.7. The van der Waals surface area contributed by atoms with Crippen molar-refractivity contribution in [1.82, 2.24) is 20.3 Å². The van der Waals surface area contributed by atoms with Gasteiger partial charge in [-0.1, -0.05) is 23.4 Å². The molecule has 0 radical (unpaired) electrons. The molecule has 0 bridgehead atoms. The minimum absolute atomic E-state index is 0.206. The van der Waals surface area contributed by atoms with E-state index in [9.17, 15) is 9.18 Å². The van der Waals surface area contributed by atoms with Gasteiger partial charge in [-0.25, -0.2) is 9.07 Å². The zero-order chi connectivity index (χ0) is 19.4. The van der Waals surface area contributed by atoms with Crippen LogP contribution in [0.4, 0.5) is 4.39 Å². The number of amides is 1. The van der Waals surface area contributed by atoms with Crippen LogP contribution in [-0.2, 0) is 6.54 Å². The number of hydrogen-bond acceptors (Lipinski definition) is 4. The molecule has 0 fully saturated rings. The molecule has 7 heteroatoms. The lowest BCUT2D eigenvalue weighted by Crippen LogP contribution is -2.24. The molecular formula is C20H21FN4O2. The van der Waals surface area contributed by atoms with Crippen molar-refractivity contribution in [3.8, 4) is 11.4 Å². The van der Waals surface area contributed by atoms with Crippen molar-refractivity contribution in [2.75, 3.05) is 6.61 Å². The summed E-state index contributed by atoms with van der Waals surface area (Å²) in [6.45, 7) is 6.25. The van der Waals surface area contributed by atoms with E-state index < -0.39 is 0 Å². The number of nitrogens with one attached hydrogen (secondary N) is 1. The summed E-state index contributed by atoms with van der Waals surface area (Å²) in [5.74, 6) is 0.0866. The summed E-state index contributed by atoms with van der Waals surface area (Å²) >= 11 is 0. The van der Waals surface area contributed by atoms with Gasteiger partial charge >= 0.3 is 0 Å². The number of aromatic nitrogens is 3. The lowest BCUT2D eigenvalue weighted by atomic mass is 10.2. The van der Waals surface area contributed by atoms with Gasteiger partial charge in [0.05, 0.1) is 18.0 Å². The number of rotatable bonds is 6. The van der Waals surface area contributed by atoms with Crippen molar-refractivity contribution in [1.29, 1.82) is 0 Å². The molecule has 27 heavy (non-hydrogen) atoms. The first-order valence-electron chi connectivity index (χ1n) is 8.68. The van der Waals surface area contributed by atoms with Crippen LogP contribution in [0.5, 0.6) is 5.75 Å². The minimum Gasteiger partial charge on any atom is -0.494 e. The second kappa shape index (κ2) is 7.99. The van der Waals surface area contributed by atoms with Gasteiger partial charge in [-0.3, -0.25) is 4.79 Å². The van der Waals surface area contributed by atoms with Gasteiger partial charge in [-0.2, -0.15) is 0 Å². The number of nitrogens with zero attached hydrogens (tertiary/aromatic N) is 3. The van der Waals surface area contributed by atoms with Gasteiger partial charge in [-0.05, 0) is 56.2 Å². The summed E-state index contributed by atoms with van der Waals surface area (Å²) < 4.78 is 20.7. The van der Waals surface area contributed by atoms with E-state index in [2.05, 4.69) is 15.6 Å². The zero-order valence-electron chi connectivity index (χ0n) is 15.5. The first kappa shape index (κ1) is 18.6. The maximum absolute atomic E-state index is 13.8. The molecule has 0 saturated carbocycles. The van der Waals surface area contributed by atoms with E-state index in [-0.39, 0.29) is 17.4 Å². The molecule has 140 valence electrons. The van der Waals surface area contributed by atoms with Crippen molar-refractivity contribution < 1.29 is 13.9 Å². The van der Waals surface area contributed by atoms with E-state index in [4.69, 9.17) is 4.74 Å². The Labute approximate surface area is 157 Å². The summed E-state index contributed by atoms with van der Waals surface area (Å²) in [4.78, 5) is 12.5. The molecule has 0 spiro atoms. The average Bonchev–Trinajstić information content (AvgIpc) is 3.04. The highest BCUT2D eigenvalue weighted by Crippen LogP contribution is 2.16. The topological polar surface area (TPSA) is 69.0 Å². The molecule has 0 aliphatic rings. The minimum atomic E-state index is -0.340. The molecule has 0 aliphatic carbocycles. The molecule has 2 aromatic carbocycles. The highest BCUT2D eigenvalue weighted by molar-refractivity contribution is 5.93. The standard InChI is InChI=1S/C20H21FN4O2/c1-4-27-17-7-5-6-15(10-17)12-22-20(26)19-14(3)25(24-23-19)16-9-8-13(2)18(21)11-16/h5-11H,4,12H2,1-3H3,(H,22,26). The number of aryl methyl sites for hydroxylation is 1. The predicted octanol–water partition coefficient (Wildman–Crippen LogP) is 3.35. The van der Waals surface area contributed by atoms with Crippen molar-refractivity contribution in [3.05, 3.63) is 70.8 Å². The SMILES string of the molecule is CCOc1cccc(CNC(=O)c2nnn(-c3ccc(C)c(F)c3)c2C)c1. The third-order valence-electron chi connectivity index (χ3n) is 4.17. The van der Waals surface area contributed by atoms with Gasteiger partial charge in [-0.15, -0.1) is 5.10 Å². The summed E-state index contributed by atoms with van der Waals surface area (Å²) in [7, 11) is 0. The van der Waals surface area contributed by atoms with E-state index in [0.29, 0.717) is 30.1 Å². The van der Waals surface area contributed by atoms with Crippen molar-refractivity contribution in [3.63, 3.8) is 0 Å². The van der Waals surface area contributed by atoms with Crippen LogP contribution in [0.1, 0.15) is 34.2 Å². The second-order valence-electron chi connectivity index (χ2n) is 6.13. The van der Waals surface area contributed by atoms with Crippen molar-refractivity contribution in [2.45, 2.75) is 27.3 Å². The first-order chi connectivity index (χ1) is 13.0. The number of hydrogen-bond donors (Lipinski definition) is 1. The third-order valence-corrected chi connectivity index (χ3v) is 4.17. The molecule has 0 unspecified atom stereocenters. The number of carbonyl (C=O) groups excluding carboxylic acids is 1. The number of benzene rings is 2. The first-order valence-corrected chi connectivity index (χ1v) is 8.68. The second-order valence-corrected chi connectivity index (χ2v) is 6.13. The Hall–Kier alpha value is -3.22. The molecule has 1 heterocycles.